The third-order valence-corrected chi connectivity index (χ3v) is 3.65. The van der Waals surface area contributed by atoms with Gasteiger partial charge in [-0.05, 0) is 24.1 Å². The Bertz CT molecular complexity index is 981. The van der Waals surface area contributed by atoms with Crippen LogP contribution < -0.4 is 16.1 Å². The number of Topliss-reactive ketones (excluding diaryl/α,β-unsaturated/α-hetero) is 1. The van der Waals surface area contributed by atoms with Crippen LogP contribution >= 0.6 is 0 Å². The number of ketones is 1. The molecule has 3 aliphatic rings. The fourth-order valence-corrected chi connectivity index (χ4v) is 2.75. The van der Waals surface area contributed by atoms with E-state index in [1.807, 2.05) is 0 Å². The number of aryl methyl sites for hydroxylation is 1. The Balaban J connectivity index is 2.84. The first-order chi connectivity index (χ1) is 9.45. The van der Waals surface area contributed by atoms with Crippen molar-refractivity contribution in [1.29, 1.82) is 0 Å². The second-order valence-electron chi connectivity index (χ2n) is 4.90. The Labute approximate surface area is 112 Å². The zero-order valence-electron chi connectivity index (χ0n) is 10.8. The molecule has 20 heavy (non-hydrogen) atoms. The SMILES string of the molecule is C=c1c(=O)oc2c3c(c(C)cc(O)c1=2)C(=O)CC=3CO. The van der Waals surface area contributed by atoms with Crippen LogP contribution in [-0.2, 0) is 0 Å². The molecule has 0 bridgehead atoms. The predicted octanol–water partition coefficient (Wildman–Crippen LogP) is -0.482. The molecule has 0 aromatic carbocycles. The molecule has 2 aliphatic carbocycles. The number of rotatable bonds is 1. The molecule has 102 valence electrons. The van der Waals surface area contributed by atoms with Gasteiger partial charge in [-0.1, -0.05) is 6.58 Å². The summed E-state index contributed by atoms with van der Waals surface area (Å²) >= 11 is 0. The molecule has 0 saturated carbocycles. The highest BCUT2D eigenvalue weighted by molar-refractivity contribution is 6.06. The maximum atomic E-state index is 12.1. The van der Waals surface area contributed by atoms with Gasteiger partial charge in [0.2, 0.25) is 0 Å². The summed E-state index contributed by atoms with van der Waals surface area (Å²) in [7, 11) is 0. The zero-order valence-corrected chi connectivity index (χ0v) is 10.8. The second-order valence-corrected chi connectivity index (χ2v) is 4.90. The van der Waals surface area contributed by atoms with Gasteiger partial charge in [-0.3, -0.25) is 4.79 Å². The Hall–Kier alpha value is -2.40. The van der Waals surface area contributed by atoms with Crippen LogP contribution in [0.3, 0.4) is 0 Å². The lowest BCUT2D eigenvalue weighted by molar-refractivity contribution is 0.0999. The van der Waals surface area contributed by atoms with E-state index < -0.39 is 5.63 Å². The number of aromatic hydroxyl groups is 1. The van der Waals surface area contributed by atoms with Gasteiger partial charge in [0.25, 0.3) is 0 Å². The predicted molar refractivity (Wildman–Crippen MR) is 70.9 cm³/mol. The number of hydrogen-bond donors (Lipinski definition) is 2. The molecule has 1 aliphatic heterocycles. The third kappa shape index (κ3) is 1.47. The van der Waals surface area contributed by atoms with Crippen molar-refractivity contribution < 1.29 is 19.4 Å². The van der Waals surface area contributed by atoms with Crippen LogP contribution in [0.1, 0.15) is 22.3 Å². The fourth-order valence-electron chi connectivity index (χ4n) is 2.75. The van der Waals surface area contributed by atoms with E-state index in [4.69, 9.17) is 4.42 Å². The zero-order chi connectivity index (χ0) is 14.6. The first-order valence-electron chi connectivity index (χ1n) is 6.10. The number of hydrogen-bond acceptors (Lipinski definition) is 5. The largest absolute Gasteiger partial charge is 0.507 e. The van der Waals surface area contributed by atoms with Crippen molar-refractivity contribution in [2.75, 3.05) is 6.61 Å². The van der Waals surface area contributed by atoms with E-state index >= 15 is 0 Å². The molecule has 5 nitrogen and oxygen atoms in total. The highest BCUT2D eigenvalue weighted by Crippen LogP contribution is 2.20. The van der Waals surface area contributed by atoms with E-state index in [0.29, 0.717) is 21.9 Å². The van der Waals surface area contributed by atoms with Crippen LogP contribution in [0.2, 0.25) is 0 Å². The van der Waals surface area contributed by atoms with Gasteiger partial charge < -0.3 is 14.6 Å². The number of fused-ring (bicyclic) bond motifs is 2. The molecule has 0 spiro atoms. The molecule has 0 aromatic rings. The molecule has 2 N–H and O–H groups in total. The van der Waals surface area contributed by atoms with Gasteiger partial charge >= 0.3 is 5.63 Å². The van der Waals surface area contributed by atoms with Crippen LogP contribution in [0, 0.1) is 17.6 Å². The molecule has 3 rings (SSSR count). The molecule has 0 atom stereocenters. The van der Waals surface area contributed by atoms with E-state index in [9.17, 15) is 19.8 Å². The molecule has 0 radical (unpaired) electrons. The molecule has 5 heteroatoms. The van der Waals surface area contributed by atoms with Crippen molar-refractivity contribution in [2.24, 2.45) is 0 Å². The number of aliphatic hydroxyl groups excluding tert-OH is 1. The molecule has 1 heterocycles. The van der Waals surface area contributed by atoms with Gasteiger partial charge in [0, 0.05) is 17.2 Å². The Morgan fingerprint density at radius 1 is 1.35 bits per heavy atom. The molecular weight excluding hydrogens is 260 g/mol. The maximum absolute atomic E-state index is 12.1. The highest BCUT2D eigenvalue weighted by atomic mass is 16.4. The van der Waals surface area contributed by atoms with E-state index in [0.717, 1.165) is 0 Å². The maximum Gasteiger partial charge on any atom is 0.343 e. The quantitative estimate of drug-likeness (QED) is 0.732. The van der Waals surface area contributed by atoms with Crippen LogP contribution in [-0.4, -0.2) is 22.6 Å². The lowest BCUT2D eigenvalue weighted by Gasteiger charge is -1.94. The summed E-state index contributed by atoms with van der Waals surface area (Å²) in [5.41, 5.74) is 0.910. The third-order valence-electron chi connectivity index (χ3n) is 3.65. The average molecular weight is 272 g/mol. The molecule has 0 fully saturated rings. The van der Waals surface area contributed by atoms with Gasteiger partial charge in [0.15, 0.2) is 11.2 Å². The summed E-state index contributed by atoms with van der Waals surface area (Å²) in [4.78, 5) is 23.7. The molecular formula is C15H12O5. The van der Waals surface area contributed by atoms with Gasteiger partial charge in [-0.15, -0.1) is 0 Å². The van der Waals surface area contributed by atoms with Crippen LogP contribution in [0.4, 0.5) is 0 Å². The van der Waals surface area contributed by atoms with Crippen molar-refractivity contribution >= 4 is 17.9 Å². The normalized spacial score (nSPS) is 14.1. The fraction of sp³-hybridized carbons (Fsp3) is 0.200. The first-order valence-corrected chi connectivity index (χ1v) is 6.10. The Kier molecular flexibility index (Phi) is 2.55. The highest BCUT2D eigenvalue weighted by Gasteiger charge is 2.24. The van der Waals surface area contributed by atoms with Crippen LogP contribution in [0.15, 0.2) is 15.3 Å². The summed E-state index contributed by atoms with van der Waals surface area (Å²) in [5.74, 6) is -0.319. The van der Waals surface area contributed by atoms with E-state index in [1.165, 1.54) is 6.07 Å². The number of aliphatic hydroxyl groups is 1. The lowest BCUT2D eigenvalue weighted by Crippen LogP contribution is -2.17. The van der Waals surface area contributed by atoms with Gasteiger partial charge in [0.1, 0.15) is 5.75 Å². The summed E-state index contributed by atoms with van der Waals surface area (Å²) in [6.07, 6.45) is 0.0912. The van der Waals surface area contributed by atoms with Gasteiger partial charge in [-0.25, -0.2) is 4.79 Å². The van der Waals surface area contributed by atoms with Gasteiger partial charge in [-0.2, -0.15) is 0 Å². The molecule has 0 unspecified atom stereocenters. The molecule has 0 amide bonds. The second kappa shape index (κ2) is 4.05. The van der Waals surface area contributed by atoms with Crippen molar-refractivity contribution in [3.8, 4) is 5.75 Å². The monoisotopic (exact) mass is 272 g/mol. The molecule has 0 saturated heterocycles. The van der Waals surface area contributed by atoms with Gasteiger partial charge in [0.05, 0.1) is 17.0 Å². The Morgan fingerprint density at radius 3 is 2.70 bits per heavy atom. The lowest BCUT2D eigenvalue weighted by atomic mass is 10.1. The minimum Gasteiger partial charge on any atom is -0.507 e. The van der Waals surface area contributed by atoms with Crippen molar-refractivity contribution in [3.63, 3.8) is 0 Å². The van der Waals surface area contributed by atoms with Crippen molar-refractivity contribution in [1.82, 2.24) is 0 Å². The minimum atomic E-state index is -0.655. The van der Waals surface area contributed by atoms with E-state index in [1.54, 1.807) is 6.92 Å². The van der Waals surface area contributed by atoms with Crippen LogP contribution in [0.25, 0.3) is 12.2 Å². The number of carbonyl (C=O) groups excluding carboxylic acids is 1. The smallest absolute Gasteiger partial charge is 0.343 e. The summed E-state index contributed by atoms with van der Waals surface area (Å²) < 4.78 is 5.16. The van der Waals surface area contributed by atoms with E-state index in [-0.39, 0.29) is 40.4 Å². The van der Waals surface area contributed by atoms with Crippen LogP contribution in [0.5, 0.6) is 5.75 Å². The average Bonchev–Trinajstić information content (AvgIpc) is 2.83. The topological polar surface area (TPSA) is 87.7 Å². The molecule has 0 aromatic heterocycles. The summed E-state index contributed by atoms with van der Waals surface area (Å²) in [6.45, 7) is 4.98. The minimum absolute atomic E-state index is 0.0481. The van der Waals surface area contributed by atoms with Crippen molar-refractivity contribution in [2.45, 2.75) is 13.3 Å². The Morgan fingerprint density at radius 2 is 2.05 bits per heavy atom. The van der Waals surface area contributed by atoms with E-state index in [2.05, 4.69) is 6.58 Å². The summed E-state index contributed by atoms with van der Waals surface area (Å²) in [5, 5.41) is 20.2. The number of carbonyl (C=O) groups is 1. The first kappa shape index (κ1) is 12.6. The standard InChI is InChI=1S/C15H12O5/c1-6-3-9(17)12-7(2)15(19)20-14(12)13-8(5-16)4-10(18)11(6)13/h3,16-17H,2,4-5H2,1H3. The van der Waals surface area contributed by atoms with Crippen molar-refractivity contribution in [3.05, 3.63) is 48.7 Å². The summed E-state index contributed by atoms with van der Waals surface area (Å²) in [6, 6.07) is 1.42.